The highest BCUT2D eigenvalue weighted by atomic mass is 16.3. The summed E-state index contributed by atoms with van der Waals surface area (Å²) in [6.07, 6.45) is 2.11. The van der Waals surface area contributed by atoms with Crippen molar-refractivity contribution in [3.8, 4) is 0 Å². The predicted molar refractivity (Wildman–Crippen MR) is 90.7 cm³/mol. The Morgan fingerprint density at radius 2 is 2.09 bits per heavy atom. The molecule has 120 valence electrons. The van der Waals surface area contributed by atoms with E-state index < -0.39 is 0 Å². The average Bonchev–Trinajstić information content (AvgIpc) is 3.13. The molecule has 23 heavy (non-hydrogen) atoms. The summed E-state index contributed by atoms with van der Waals surface area (Å²) in [4.78, 5) is 18.0. The van der Waals surface area contributed by atoms with Crippen molar-refractivity contribution in [1.82, 2.24) is 14.9 Å². The van der Waals surface area contributed by atoms with Crippen LogP contribution in [0.3, 0.4) is 0 Å². The molecule has 1 aromatic carbocycles. The van der Waals surface area contributed by atoms with E-state index in [9.17, 15) is 4.79 Å². The van der Waals surface area contributed by atoms with Crippen LogP contribution in [0.15, 0.2) is 33.5 Å². The molecular formula is C18H21N3O2. The first-order chi connectivity index (χ1) is 11.0. The van der Waals surface area contributed by atoms with Crippen molar-refractivity contribution in [2.24, 2.45) is 0 Å². The molecule has 0 bridgehead atoms. The lowest BCUT2D eigenvalue weighted by Crippen LogP contribution is -2.39. The maximum absolute atomic E-state index is 13.1. The van der Waals surface area contributed by atoms with Gasteiger partial charge >= 0.3 is 0 Å². The summed E-state index contributed by atoms with van der Waals surface area (Å²) in [5.74, 6) is 0.819. The Kier molecular flexibility index (Phi) is 3.10. The van der Waals surface area contributed by atoms with Crippen molar-refractivity contribution >= 4 is 22.1 Å². The smallest absolute Gasteiger partial charge is 0.297 e. The fourth-order valence-electron chi connectivity index (χ4n) is 3.44. The van der Waals surface area contributed by atoms with E-state index in [0.717, 1.165) is 30.6 Å². The maximum atomic E-state index is 13.1. The fourth-order valence-corrected chi connectivity index (χ4v) is 3.44. The number of furan rings is 1. The zero-order chi connectivity index (χ0) is 16.2. The third kappa shape index (κ3) is 2.18. The summed E-state index contributed by atoms with van der Waals surface area (Å²) >= 11 is 0. The first-order valence-corrected chi connectivity index (χ1v) is 8.15. The number of hydrogen-bond donors (Lipinski definition) is 1. The van der Waals surface area contributed by atoms with Crippen molar-refractivity contribution in [3.63, 3.8) is 0 Å². The molecular weight excluding hydrogens is 290 g/mol. The number of benzene rings is 1. The molecule has 0 spiro atoms. The van der Waals surface area contributed by atoms with Gasteiger partial charge in [-0.1, -0.05) is 12.1 Å². The van der Waals surface area contributed by atoms with Crippen LogP contribution in [0.2, 0.25) is 0 Å². The third-order valence-electron chi connectivity index (χ3n) is 4.46. The third-order valence-corrected chi connectivity index (χ3v) is 4.46. The van der Waals surface area contributed by atoms with Crippen LogP contribution in [0, 0.1) is 0 Å². The summed E-state index contributed by atoms with van der Waals surface area (Å²) in [5, 5.41) is 4.37. The van der Waals surface area contributed by atoms with E-state index >= 15 is 0 Å². The molecule has 0 unspecified atom stereocenters. The second-order valence-corrected chi connectivity index (χ2v) is 7.21. The average molecular weight is 311 g/mol. The number of nitrogens with zero attached hydrogens (tertiary/aromatic N) is 2. The number of rotatable bonds is 1. The molecule has 5 heteroatoms. The van der Waals surface area contributed by atoms with Crippen LogP contribution in [-0.2, 0) is 5.54 Å². The van der Waals surface area contributed by atoms with E-state index in [1.54, 1.807) is 4.57 Å². The van der Waals surface area contributed by atoms with Crippen molar-refractivity contribution in [1.29, 1.82) is 0 Å². The lowest BCUT2D eigenvalue weighted by atomic mass is 10.1. The molecule has 0 amide bonds. The number of fused-ring (bicyclic) bond motifs is 3. The Hall–Kier alpha value is -2.14. The van der Waals surface area contributed by atoms with Gasteiger partial charge in [0.2, 0.25) is 5.58 Å². The van der Waals surface area contributed by atoms with Gasteiger partial charge in [0.15, 0.2) is 0 Å². The molecule has 3 aromatic rings. The molecule has 1 saturated heterocycles. The van der Waals surface area contributed by atoms with Gasteiger partial charge in [-0.25, -0.2) is 4.98 Å². The summed E-state index contributed by atoms with van der Waals surface area (Å²) < 4.78 is 7.61. The second-order valence-electron chi connectivity index (χ2n) is 7.21. The molecule has 1 fully saturated rings. The van der Waals surface area contributed by atoms with Crippen molar-refractivity contribution in [2.75, 3.05) is 6.54 Å². The van der Waals surface area contributed by atoms with Crippen LogP contribution in [0.5, 0.6) is 0 Å². The van der Waals surface area contributed by atoms with Gasteiger partial charge < -0.3 is 9.73 Å². The van der Waals surface area contributed by atoms with Crippen LogP contribution < -0.4 is 10.9 Å². The van der Waals surface area contributed by atoms with Crippen LogP contribution in [-0.4, -0.2) is 16.1 Å². The Labute approximate surface area is 134 Å². The number of aromatic nitrogens is 2. The first-order valence-electron chi connectivity index (χ1n) is 8.15. The molecule has 1 N–H and O–H groups in total. The quantitative estimate of drug-likeness (QED) is 0.749. The van der Waals surface area contributed by atoms with Gasteiger partial charge in [0.25, 0.3) is 5.56 Å². The number of hydrogen-bond acceptors (Lipinski definition) is 4. The monoisotopic (exact) mass is 311 g/mol. The number of para-hydroxylation sites is 1. The summed E-state index contributed by atoms with van der Waals surface area (Å²) in [7, 11) is 0. The zero-order valence-corrected chi connectivity index (χ0v) is 13.7. The molecule has 0 radical (unpaired) electrons. The van der Waals surface area contributed by atoms with Gasteiger partial charge in [-0.2, -0.15) is 0 Å². The number of nitrogens with one attached hydrogen (secondary N) is 1. The fraction of sp³-hybridized carbons (Fsp3) is 0.444. The lowest BCUT2D eigenvalue weighted by molar-refractivity contribution is 0.348. The summed E-state index contributed by atoms with van der Waals surface area (Å²) in [6.45, 7) is 7.06. The summed E-state index contributed by atoms with van der Waals surface area (Å²) in [6, 6.07) is 7.82. The van der Waals surface area contributed by atoms with Crippen molar-refractivity contribution < 1.29 is 4.42 Å². The first kappa shape index (κ1) is 14.5. The van der Waals surface area contributed by atoms with E-state index in [1.807, 2.05) is 45.0 Å². The Morgan fingerprint density at radius 1 is 1.30 bits per heavy atom. The minimum atomic E-state index is -0.350. The molecule has 4 rings (SSSR count). The van der Waals surface area contributed by atoms with Crippen LogP contribution in [0.4, 0.5) is 0 Å². The second kappa shape index (κ2) is 4.93. The summed E-state index contributed by atoms with van der Waals surface area (Å²) in [5.41, 5.74) is 1.29. The molecule has 1 aliphatic heterocycles. The van der Waals surface area contributed by atoms with E-state index in [0.29, 0.717) is 16.7 Å². The van der Waals surface area contributed by atoms with Gasteiger partial charge in [0, 0.05) is 10.9 Å². The SMILES string of the molecule is CC(C)(C)n1c([C@@H]2CCCN2)nc2c(oc3ccccc32)c1=O. The standard InChI is InChI=1S/C18H21N3O2/c1-18(2,3)21-16(12-8-6-10-19-12)20-14-11-7-4-5-9-13(11)23-15(14)17(21)22/h4-5,7,9,12,19H,6,8,10H2,1-3H3/t12-/m0/s1. The molecule has 0 aliphatic carbocycles. The minimum Gasteiger partial charge on any atom is -0.448 e. The van der Waals surface area contributed by atoms with E-state index in [-0.39, 0.29) is 17.1 Å². The molecule has 1 atom stereocenters. The van der Waals surface area contributed by atoms with E-state index in [1.165, 1.54) is 0 Å². The van der Waals surface area contributed by atoms with Gasteiger partial charge in [-0.15, -0.1) is 0 Å². The molecule has 3 heterocycles. The topological polar surface area (TPSA) is 60.1 Å². The van der Waals surface area contributed by atoms with Gasteiger partial charge in [-0.05, 0) is 52.3 Å². The highest BCUT2D eigenvalue weighted by molar-refractivity contribution is 6.01. The molecule has 5 nitrogen and oxygen atoms in total. The highest BCUT2D eigenvalue weighted by Crippen LogP contribution is 2.30. The Morgan fingerprint density at radius 3 is 2.78 bits per heavy atom. The van der Waals surface area contributed by atoms with Gasteiger partial charge in [0.1, 0.15) is 16.9 Å². The van der Waals surface area contributed by atoms with Gasteiger partial charge in [-0.3, -0.25) is 9.36 Å². The van der Waals surface area contributed by atoms with Crippen LogP contribution >= 0.6 is 0 Å². The zero-order valence-electron chi connectivity index (χ0n) is 13.7. The Balaban J connectivity index is 2.12. The Bertz CT molecular complexity index is 940. The van der Waals surface area contributed by atoms with E-state index in [2.05, 4.69) is 5.32 Å². The van der Waals surface area contributed by atoms with Crippen LogP contribution in [0.1, 0.15) is 45.5 Å². The maximum Gasteiger partial charge on any atom is 0.297 e. The molecule has 2 aromatic heterocycles. The van der Waals surface area contributed by atoms with Crippen molar-refractivity contribution in [2.45, 2.75) is 45.2 Å². The lowest BCUT2D eigenvalue weighted by Gasteiger charge is -2.27. The minimum absolute atomic E-state index is 0.0950. The molecule has 0 saturated carbocycles. The molecule has 1 aliphatic rings. The largest absolute Gasteiger partial charge is 0.448 e. The van der Waals surface area contributed by atoms with E-state index in [4.69, 9.17) is 9.40 Å². The predicted octanol–water partition coefficient (Wildman–Crippen LogP) is 3.32. The van der Waals surface area contributed by atoms with Gasteiger partial charge in [0.05, 0.1) is 6.04 Å². The highest BCUT2D eigenvalue weighted by Gasteiger charge is 2.29. The van der Waals surface area contributed by atoms with Crippen LogP contribution in [0.25, 0.3) is 22.1 Å². The normalized spacial score (nSPS) is 19.0. The van der Waals surface area contributed by atoms with Crippen molar-refractivity contribution in [3.05, 3.63) is 40.4 Å².